The SMILES string of the molecule is Cc1ccc(SNc2ccc(Oc3cnn(-c4ccc(C)cc4)c3)cc2)cc1. The Hall–Kier alpha value is -3.18. The number of ether oxygens (including phenoxy) is 1. The zero-order valence-electron chi connectivity index (χ0n) is 15.8. The monoisotopic (exact) mass is 387 g/mol. The Balaban J connectivity index is 1.36. The molecular formula is C23H21N3OS. The minimum absolute atomic E-state index is 0.704. The van der Waals surface area contributed by atoms with E-state index >= 15 is 0 Å². The second kappa shape index (κ2) is 8.23. The van der Waals surface area contributed by atoms with Crippen LogP contribution in [-0.2, 0) is 0 Å². The van der Waals surface area contributed by atoms with Crippen LogP contribution >= 0.6 is 11.9 Å². The molecule has 4 aromatic rings. The fraction of sp³-hybridized carbons (Fsp3) is 0.0870. The van der Waals surface area contributed by atoms with E-state index in [4.69, 9.17) is 4.74 Å². The molecule has 0 saturated carbocycles. The van der Waals surface area contributed by atoms with Crippen molar-refractivity contribution in [3.8, 4) is 17.2 Å². The number of hydrogen-bond donors (Lipinski definition) is 1. The number of anilines is 1. The van der Waals surface area contributed by atoms with Gasteiger partial charge in [-0.1, -0.05) is 35.4 Å². The third-order valence-corrected chi connectivity index (χ3v) is 5.10. The molecule has 0 aliphatic rings. The third-order valence-electron chi connectivity index (χ3n) is 4.26. The maximum Gasteiger partial charge on any atom is 0.165 e. The first-order chi connectivity index (χ1) is 13.7. The predicted molar refractivity (Wildman–Crippen MR) is 115 cm³/mol. The molecule has 0 amide bonds. The van der Waals surface area contributed by atoms with Gasteiger partial charge in [0.15, 0.2) is 5.75 Å². The first-order valence-corrected chi connectivity index (χ1v) is 9.86. The van der Waals surface area contributed by atoms with Crippen molar-refractivity contribution in [1.29, 1.82) is 0 Å². The topological polar surface area (TPSA) is 39.1 Å². The fourth-order valence-corrected chi connectivity index (χ4v) is 3.29. The van der Waals surface area contributed by atoms with E-state index in [0.29, 0.717) is 5.75 Å². The largest absolute Gasteiger partial charge is 0.454 e. The van der Waals surface area contributed by atoms with Crippen molar-refractivity contribution >= 4 is 17.6 Å². The van der Waals surface area contributed by atoms with E-state index in [1.807, 2.05) is 47.3 Å². The Morgan fingerprint density at radius 1 is 0.786 bits per heavy atom. The van der Waals surface area contributed by atoms with Gasteiger partial charge in [0.25, 0.3) is 0 Å². The quantitative estimate of drug-likeness (QED) is 0.389. The zero-order valence-corrected chi connectivity index (χ0v) is 16.6. The van der Waals surface area contributed by atoms with Gasteiger partial charge in [-0.25, -0.2) is 4.68 Å². The molecule has 0 fully saturated rings. The van der Waals surface area contributed by atoms with Crippen LogP contribution in [0.4, 0.5) is 5.69 Å². The number of aryl methyl sites for hydroxylation is 2. The average molecular weight is 388 g/mol. The highest BCUT2D eigenvalue weighted by Gasteiger charge is 2.04. The molecule has 0 radical (unpaired) electrons. The Morgan fingerprint density at radius 3 is 2.11 bits per heavy atom. The van der Waals surface area contributed by atoms with E-state index in [1.54, 1.807) is 18.1 Å². The van der Waals surface area contributed by atoms with E-state index in [0.717, 1.165) is 17.1 Å². The highest BCUT2D eigenvalue weighted by Crippen LogP contribution is 2.26. The number of aromatic nitrogens is 2. The molecular weight excluding hydrogens is 366 g/mol. The molecule has 28 heavy (non-hydrogen) atoms. The lowest BCUT2D eigenvalue weighted by Gasteiger charge is -2.07. The summed E-state index contributed by atoms with van der Waals surface area (Å²) in [4.78, 5) is 1.18. The Morgan fingerprint density at radius 2 is 1.43 bits per heavy atom. The van der Waals surface area contributed by atoms with Crippen molar-refractivity contribution in [1.82, 2.24) is 9.78 Å². The van der Waals surface area contributed by atoms with Gasteiger partial charge < -0.3 is 9.46 Å². The van der Waals surface area contributed by atoms with Crippen molar-refractivity contribution in [2.45, 2.75) is 18.7 Å². The van der Waals surface area contributed by atoms with Gasteiger partial charge in [0.2, 0.25) is 0 Å². The van der Waals surface area contributed by atoms with Crippen molar-refractivity contribution in [2.24, 2.45) is 0 Å². The molecule has 3 aromatic carbocycles. The van der Waals surface area contributed by atoms with Gasteiger partial charge in [0.05, 0.1) is 18.1 Å². The van der Waals surface area contributed by atoms with E-state index in [1.165, 1.54) is 16.0 Å². The summed E-state index contributed by atoms with van der Waals surface area (Å²) in [6.07, 6.45) is 3.60. The molecule has 140 valence electrons. The standard InChI is InChI=1S/C23H21N3OS/c1-17-3-9-20(10-4-17)26-16-22(15-24-26)27-21-11-7-19(8-12-21)25-28-23-13-5-18(2)6-14-23/h3-16,25H,1-2H3. The zero-order chi connectivity index (χ0) is 19.3. The highest BCUT2D eigenvalue weighted by molar-refractivity contribution is 8.00. The van der Waals surface area contributed by atoms with E-state index in [-0.39, 0.29) is 0 Å². The summed E-state index contributed by atoms with van der Waals surface area (Å²) in [7, 11) is 0. The molecule has 0 spiro atoms. The second-order valence-electron chi connectivity index (χ2n) is 6.60. The third kappa shape index (κ3) is 4.56. The van der Waals surface area contributed by atoms with Crippen LogP contribution in [0.1, 0.15) is 11.1 Å². The second-order valence-corrected chi connectivity index (χ2v) is 7.48. The number of nitrogens with zero attached hydrogens (tertiary/aromatic N) is 2. The van der Waals surface area contributed by atoms with Crippen molar-refractivity contribution < 1.29 is 4.74 Å². The Bertz CT molecular complexity index is 1040. The normalized spacial score (nSPS) is 10.6. The van der Waals surface area contributed by atoms with Gasteiger partial charge >= 0.3 is 0 Å². The summed E-state index contributed by atoms with van der Waals surface area (Å²) in [5.41, 5.74) is 4.51. The smallest absolute Gasteiger partial charge is 0.165 e. The number of rotatable bonds is 6. The molecule has 0 saturated heterocycles. The first-order valence-electron chi connectivity index (χ1n) is 9.05. The van der Waals surface area contributed by atoms with Gasteiger partial charge in [-0.3, -0.25) is 0 Å². The molecule has 0 aliphatic carbocycles. The minimum atomic E-state index is 0.704. The average Bonchev–Trinajstić information content (AvgIpc) is 3.18. The Kier molecular flexibility index (Phi) is 5.35. The van der Waals surface area contributed by atoms with Crippen molar-refractivity contribution in [3.63, 3.8) is 0 Å². The molecule has 0 bridgehead atoms. The fourth-order valence-electron chi connectivity index (χ4n) is 2.65. The lowest BCUT2D eigenvalue weighted by molar-refractivity contribution is 0.482. The molecule has 4 rings (SSSR count). The van der Waals surface area contributed by atoms with Crippen LogP contribution in [0.5, 0.6) is 11.5 Å². The van der Waals surface area contributed by atoms with Crippen LogP contribution in [0.25, 0.3) is 5.69 Å². The molecule has 4 nitrogen and oxygen atoms in total. The molecule has 1 aromatic heterocycles. The van der Waals surface area contributed by atoms with Crippen LogP contribution in [0.3, 0.4) is 0 Å². The van der Waals surface area contributed by atoms with Crippen LogP contribution in [0.2, 0.25) is 0 Å². The summed E-state index contributed by atoms with van der Waals surface area (Å²) >= 11 is 1.59. The molecule has 1 N–H and O–H groups in total. The van der Waals surface area contributed by atoms with E-state index < -0.39 is 0 Å². The number of benzene rings is 3. The van der Waals surface area contributed by atoms with Crippen LogP contribution < -0.4 is 9.46 Å². The summed E-state index contributed by atoms with van der Waals surface area (Å²) in [5.74, 6) is 1.48. The van der Waals surface area contributed by atoms with Crippen LogP contribution in [0.15, 0.2) is 90.1 Å². The molecule has 0 unspecified atom stereocenters. The summed E-state index contributed by atoms with van der Waals surface area (Å²) in [6, 6.07) is 24.5. The molecule has 0 atom stereocenters. The van der Waals surface area contributed by atoms with Gasteiger partial charge in [-0.05, 0) is 74.3 Å². The highest BCUT2D eigenvalue weighted by atomic mass is 32.2. The molecule has 5 heteroatoms. The Labute approximate surface area is 169 Å². The van der Waals surface area contributed by atoms with Crippen LogP contribution in [-0.4, -0.2) is 9.78 Å². The maximum absolute atomic E-state index is 5.92. The van der Waals surface area contributed by atoms with E-state index in [9.17, 15) is 0 Å². The molecule has 1 heterocycles. The summed E-state index contributed by atoms with van der Waals surface area (Å²) in [5, 5.41) is 4.37. The van der Waals surface area contributed by atoms with Crippen LogP contribution in [0, 0.1) is 13.8 Å². The predicted octanol–water partition coefficient (Wildman–Crippen LogP) is 6.40. The lowest BCUT2D eigenvalue weighted by atomic mass is 10.2. The maximum atomic E-state index is 5.92. The number of nitrogens with one attached hydrogen (secondary N) is 1. The van der Waals surface area contributed by atoms with Gasteiger partial charge in [-0.2, -0.15) is 5.10 Å². The summed E-state index contributed by atoms with van der Waals surface area (Å²) < 4.78 is 11.1. The summed E-state index contributed by atoms with van der Waals surface area (Å²) in [6.45, 7) is 4.16. The van der Waals surface area contributed by atoms with E-state index in [2.05, 4.69) is 60.1 Å². The van der Waals surface area contributed by atoms with Gasteiger partial charge in [0.1, 0.15) is 5.75 Å². The first kappa shape index (κ1) is 18.2. The van der Waals surface area contributed by atoms with Gasteiger partial charge in [-0.15, -0.1) is 0 Å². The van der Waals surface area contributed by atoms with Crippen molar-refractivity contribution in [2.75, 3.05) is 4.72 Å². The van der Waals surface area contributed by atoms with Crippen molar-refractivity contribution in [3.05, 3.63) is 96.3 Å². The van der Waals surface area contributed by atoms with Gasteiger partial charge in [0, 0.05) is 10.6 Å². The minimum Gasteiger partial charge on any atom is -0.454 e. The number of hydrogen-bond acceptors (Lipinski definition) is 4. The molecule has 0 aliphatic heterocycles. The lowest BCUT2D eigenvalue weighted by Crippen LogP contribution is -1.93.